The molecule has 1 aliphatic heterocycles. The Hall–Kier alpha value is -0.410. The van der Waals surface area contributed by atoms with Gasteiger partial charge in [0.05, 0.1) is 0 Å². The summed E-state index contributed by atoms with van der Waals surface area (Å²) < 4.78 is 0. The number of carbonyl (C=O) groups is 1. The molecule has 1 saturated heterocycles. The van der Waals surface area contributed by atoms with Crippen LogP contribution in [-0.2, 0) is 4.79 Å². The molecule has 0 aliphatic carbocycles. The van der Waals surface area contributed by atoms with Crippen LogP contribution in [0.1, 0.15) is 19.8 Å². The van der Waals surface area contributed by atoms with Gasteiger partial charge in [0, 0.05) is 32.6 Å². The molecule has 3 heteroatoms. The number of carbonyl (C=O) groups excluding carboxylic acids is 1. The van der Waals surface area contributed by atoms with Crippen LogP contribution in [-0.4, -0.2) is 55.4 Å². The molecule has 13 heavy (non-hydrogen) atoms. The maximum Gasteiger partial charge on any atom is 0.129 e. The lowest BCUT2D eigenvalue weighted by Crippen LogP contribution is -2.44. The van der Waals surface area contributed by atoms with Crippen molar-refractivity contribution < 1.29 is 4.79 Å². The van der Waals surface area contributed by atoms with Crippen LogP contribution in [0.25, 0.3) is 0 Å². The number of rotatable bonds is 4. The highest BCUT2D eigenvalue weighted by Gasteiger charge is 2.12. The van der Waals surface area contributed by atoms with E-state index in [0.717, 1.165) is 32.5 Å². The minimum atomic E-state index is 0.314. The van der Waals surface area contributed by atoms with Crippen molar-refractivity contribution in [1.82, 2.24) is 9.80 Å². The first-order valence-corrected chi connectivity index (χ1v) is 5.09. The molecule has 1 rings (SSSR count). The Morgan fingerprint density at radius 2 is 1.85 bits per heavy atom. The van der Waals surface area contributed by atoms with E-state index in [0.29, 0.717) is 5.78 Å². The van der Waals surface area contributed by atoms with Crippen molar-refractivity contribution in [2.75, 3.05) is 39.8 Å². The predicted molar refractivity (Wildman–Crippen MR) is 53.9 cm³/mol. The molecule has 0 saturated carbocycles. The van der Waals surface area contributed by atoms with E-state index in [1.54, 1.807) is 6.92 Å². The average molecular weight is 184 g/mol. The van der Waals surface area contributed by atoms with Gasteiger partial charge in [-0.25, -0.2) is 0 Å². The number of Topliss-reactive ketones (excluding diaryl/α,β-unsaturated/α-hetero) is 1. The molecule has 0 bridgehead atoms. The fraction of sp³-hybridized carbons (Fsp3) is 0.900. The van der Waals surface area contributed by atoms with E-state index in [1.165, 1.54) is 13.1 Å². The molecular weight excluding hydrogens is 164 g/mol. The van der Waals surface area contributed by atoms with Crippen molar-refractivity contribution in [3.05, 3.63) is 0 Å². The van der Waals surface area contributed by atoms with Gasteiger partial charge >= 0.3 is 0 Å². The van der Waals surface area contributed by atoms with Crippen molar-refractivity contribution >= 4 is 5.78 Å². The number of likely N-dealkylation sites (N-methyl/N-ethyl adjacent to an activating group) is 1. The number of hydrogen-bond acceptors (Lipinski definition) is 3. The van der Waals surface area contributed by atoms with Gasteiger partial charge in [-0.1, -0.05) is 0 Å². The van der Waals surface area contributed by atoms with Crippen LogP contribution in [0.3, 0.4) is 0 Å². The summed E-state index contributed by atoms with van der Waals surface area (Å²) in [7, 11) is 2.16. The van der Waals surface area contributed by atoms with Gasteiger partial charge in [-0.05, 0) is 26.9 Å². The molecule has 1 heterocycles. The monoisotopic (exact) mass is 184 g/mol. The van der Waals surface area contributed by atoms with Crippen LogP contribution >= 0.6 is 0 Å². The summed E-state index contributed by atoms with van der Waals surface area (Å²) in [5, 5.41) is 0. The Morgan fingerprint density at radius 3 is 2.38 bits per heavy atom. The molecule has 0 aromatic rings. The van der Waals surface area contributed by atoms with Crippen molar-refractivity contribution in [3.8, 4) is 0 Å². The topological polar surface area (TPSA) is 23.6 Å². The largest absolute Gasteiger partial charge is 0.304 e. The summed E-state index contributed by atoms with van der Waals surface area (Å²) in [6, 6.07) is 0. The molecule has 0 amide bonds. The van der Waals surface area contributed by atoms with Crippen LogP contribution < -0.4 is 0 Å². The molecule has 0 atom stereocenters. The summed E-state index contributed by atoms with van der Waals surface area (Å²) >= 11 is 0. The molecule has 0 radical (unpaired) electrons. The molecule has 0 unspecified atom stereocenters. The fourth-order valence-electron chi connectivity index (χ4n) is 1.62. The lowest BCUT2D eigenvalue weighted by Gasteiger charge is -2.32. The number of hydrogen-bond donors (Lipinski definition) is 0. The number of nitrogens with zero attached hydrogens (tertiary/aromatic N) is 2. The van der Waals surface area contributed by atoms with Gasteiger partial charge in [0.2, 0.25) is 0 Å². The first-order valence-electron chi connectivity index (χ1n) is 5.09. The van der Waals surface area contributed by atoms with E-state index in [4.69, 9.17) is 0 Å². The standard InChI is InChI=1S/C10H20N2O/c1-10(13)4-3-5-12-8-6-11(2)7-9-12/h3-9H2,1-2H3. The van der Waals surface area contributed by atoms with Crippen LogP contribution in [0.15, 0.2) is 0 Å². The SMILES string of the molecule is CC(=O)CCCN1CCN(C)CC1. The number of ketones is 1. The van der Waals surface area contributed by atoms with Gasteiger partial charge < -0.3 is 14.6 Å². The third-order valence-electron chi connectivity index (χ3n) is 2.60. The minimum Gasteiger partial charge on any atom is -0.304 e. The van der Waals surface area contributed by atoms with Crippen molar-refractivity contribution in [3.63, 3.8) is 0 Å². The van der Waals surface area contributed by atoms with E-state index >= 15 is 0 Å². The Balaban J connectivity index is 2.05. The molecule has 3 nitrogen and oxygen atoms in total. The van der Waals surface area contributed by atoms with Gasteiger partial charge in [-0.15, -0.1) is 0 Å². The Morgan fingerprint density at radius 1 is 1.23 bits per heavy atom. The summed E-state index contributed by atoms with van der Waals surface area (Å²) in [6.07, 6.45) is 1.77. The Kier molecular flexibility index (Phi) is 4.39. The highest BCUT2D eigenvalue weighted by molar-refractivity contribution is 5.75. The molecule has 0 aromatic carbocycles. The minimum absolute atomic E-state index is 0.314. The molecule has 76 valence electrons. The second-order valence-electron chi connectivity index (χ2n) is 3.95. The Labute approximate surface area is 80.7 Å². The van der Waals surface area contributed by atoms with E-state index in [2.05, 4.69) is 16.8 Å². The van der Waals surface area contributed by atoms with E-state index in [1.807, 2.05) is 0 Å². The fourth-order valence-corrected chi connectivity index (χ4v) is 1.62. The maximum atomic E-state index is 10.7. The lowest BCUT2D eigenvalue weighted by atomic mass is 10.2. The summed E-state index contributed by atoms with van der Waals surface area (Å²) in [5.74, 6) is 0.314. The first kappa shape index (κ1) is 10.7. The zero-order valence-corrected chi connectivity index (χ0v) is 8.75. The number of piperazine rings is 1. The van der Waals surface area contributed by atoms with Gasteiger partial charge in [0.1, 0.15) is 5.78 Å². The van der Waals surface area contributed by atoms with Gasteiger partial charge in [-0.2, -0.15) is 0 Å². The van der Waals surface area contributed by atoms with Gasteiger partial charge in [0.25, 0.3) is 0 Å². The molecule has 0 spiro atoms. The maximum absolute atomic E-state index is 10.7. The van der Waals surface area contributed by atoms with Crippen molar-refractivity contribution in [2.24, 2.45) is 0 Å². The van der Waals surface area contributed by atoms with Crippen molar-refractivity contribution in [2.45, 2.75) is 19.8 Å². The third kappa shape index (κ3) is 4.39. The van der Waals surface area contributed by atoms with Gasteiger partial charge in [0.15, 0.2) is 0 Å². The van der Waals surface area contributed by atoms with Crippen LogP contribution in [0.4, 0.5) is 0 Å². The third-order valence-corrected chi connectivity index (χ3v) is 2.60. The Bertz CT molecular complexity index is 162. The van der Waals surface area contributed by atoms with E-state index in [-0.39, 0.29) is 0 Å². The highest BCUT2D eigenvalue weighted by Crippen LogP contribution is 2.01. The summed E-state index contributed by atoms with van der Waals surface area (Å²) in [6.45, 7) is 7.42. The molecule has 0 aromatic heterocycles. The van der Waals surface area contributed by atoms with Crippen molar-refractivity contribution in [1.29, 1.82) is 0 Å². The highest BCUT2D eigenvalue weighted by atomic mass is 16.1. The molecule has 1 fully saturated rings. The summed E-state index contributed by atoms with van der Waals surface area (Å²) in [4.78, 5) is 15.5. The summed E-state index contributed by atoms with van der Waals surface area (Å²) in [5.41, 5.74) is 0. The smallest absolute Gasteiger partial charge is 0.129 e. The first-order chi connectivity index (χ1) is 6.18. The second-order valence-corrected chi connectivity index (χ2v) is 3.95. The molecular formula is C10H20N2O. The normalized spacial score (nSPS) is 20.5. The van der Waals surface area contributed by atoms with Crippen LogP contribution in [0.5, 0.6) is 0 Å². The van der Waals surface area contributed by atoms with Gasteiger partial charge in [-0.3, -0.25) is 0 Å². The second kappa shape index (κ2) is 5.35. The van der Waals surface area contributed by atoms with E-state index < -0.39 is 0 Å². The zero-order chi connectivity index (χ0) is 9.68. The lowest BCUT2D eigenvalue weighted by molar-refractivity contribution is -0.117. The average Bonchev–Trinajstić information content (AvgIpc) is 2.08. The molecule has 1 aliphatic rings. The zero-order valence-electron chi connectivity index (χ0n) is 8.75. The van der Waals surface area contributed by atoms with Crippen LogP contribution in [0, 0.1) is 0 Å². The van der Waals surface area contributed by atoms with E-state index in [9.17, 15) is 4.79 Å². The molecule has 0 N–H and O–H groups in total. The van der Waals surface area contributed by atoms with Crippen LogP contribution in [0.2, 0.25) is 0 Å². The predicted octanol–water partition coefficient (Wildman–Crippen LogP) is 0.603. The quantitative estimate of drug-likeness (QED) is 0.639.